The van der Waals surface area contributed by atoms with E-state index in [0.29, 0.717) is 26.4 Å². The fourth-order valence-electron chi connectivity index (χ4n) is 3.22. The molecule has 0 aliphatic carbocycles. The Kier molecular flexibility index (Phi) is 6.38. The molecule has 1 heterocycles. The van der Waals surface area contributed by atoms with Gasteiger partial charge in [-0.1, -0.05) is 42.5 Å². The second-order valence-electron chi connectivity index (χ2n) is 6.61. The first-order chi connectivity index (χ1) is 14.4. The van der Waals surface area contributed by atoms with Crippen molar-refractivity contribution in [3.05, 3.63) is 78.9 Å². The number of nitrogens with zero attached hydrogens (tertiary/aromatic N) is 1. The quantitative estimate of drug-likeness (QED) is 0.614. The van der Waals surface area contributed by atoms with Gasteiger partial charge in [-0.15, -0.1) is 0 Å². The molecule has 5 nitrogen and oxygen atoms in total. The Morgan fingerprint density at radius 1 is 0.448 bits per heavy atom. The number of hydrogen-bond donors (Lipinski definition) is 0. The van der Waals surface area contributed by atoms with E-state index in [0.717, 1.165) is 41.8 Å². The first kappa shape index (κ1) is 19.0. The Hall–Kier alpha value is -3.34. The summed E-state index contributed by atoms with van der Waals surface area (Å²) in [5, 5.41) is 0. The first-order valence-electron chi connectivity index (χ1n) is 9.89. The molecule has 0 saturated carbocycles. The minimum absolute atomic E-state index is 0.421. The summed E-state index contributed by atoms with van der Waals surface area (Å²) in [4.78, 5) is 2.26. The predicted octanol–water partition coefficient (Wildman–Crippen LogP) is 4.42. The molecule has 1 aliphatic heterocycles. The van der Waals surface area contributed by atoms with E-state index in [9.17, 15) is 0 Å². The summed E-state index contributed by atoms with van der Waals surface area (Å²) in [7, 11) is 0. The Labute approximate surface area is 171 Å². The summed E-state index contributed by atoms with van der Waals surface area (Å²) >= 11 is 0. The van der Waals surface area contributed by atoms with Gasteiger partial charge in [0.05, 0.1) is 13.1 Å². The topological polar surface area (TPSA) is 40.2 Å². The lowest BCUT2D eigenvalue weighted by Crippen LogP contribution is -2.32. The molecule has 3 aromatic carbocycles. The van der Waals surface area contributed by atoms with E-state index in [-0.39, 0.29) is 0 Å². The van der Waals surface area contributed by atoms with E-state index >= 15 is 0 Å². The molecule has 5 heteroatoms. The molecule has 0 amide bonds. The summed E-state index contributed by atoms with van der Waals surface area (Å²) in [6.45, 7) is 3.40. The van der Waals surface area contributed by atoms with Crippen molar-refractivity contribution in [1.29, 1.82) is 0 Å². The van der Waals surface area contributed by atoms with Crippen molar-refractivity contribution in [2.45, 2.75) is 0 Å². The molecule has 0 unspecified atom stereocenters. The number of benzene rings is 3. The zero-order valence-electron chi connectivity index (χ0n) is 16.3. The van der Waals surface area contributed by atoms with Crippen molar-refractivity contribution in [2.75, 3.05) is 44.4 Å². The average Bonchev–Trinajstić information content (AvgIpc) is 2.78. The molecular formula is C24H25NO4. The highest BCUT2D eigenvalue weighted by atomic mass is 16.6. The van der Waals surface area contributed by atoms with Crippen LogP contribution in [0.4, 0.5) is 5.69 Å². The first-order valence-corrected chi connectivity index (χ1v) is 9.89. The van der Waals surface area contributed by atoms with E-state index in [1.54, 1.807) is 0 Å². The predicted molar refractivity (Wildman–Crippen MR) is 114 cm³/mol. The van der Waals surface area contributed by atoms with Gasteiger partial charge in [0.25, 0.3) is 0 Å². The maximum absolute atomic E-state index is 6.03. The summed E-state index contributed by atoms with van der Waals surface area (Å²) in [5.74, 6) is 2.93. The summed E-state index contributed by atoms with van der Waals surface area (Å²) < 4.78 is 23.8. The largest absolute Gasteiger partial charge is 0.488 e. The van der Waals surface area contributed by atoms with E-state index in [2.05, 4.69) is 17.0 Å². The smallest absolute Gasteiger partial charge is 0.161 e. The molecule has 150 valence electrons. The molecule has 0 radical (unpaired) electrons. The Balaban J connectivity index is 1.55. The van der Waals surface area contributed by atoms with Crippen LogP contribution in [-0.2, 0) is 0 Å². The number of ether oxygens (including phenoxy) is 4. The summed E-state index contributed by atoms with van der Waals surface area (Å²) in [6, 6.07) is 25.8. The van der Waals surface area contributed by atoms with Gasteiger partial charge in [0, 0.05) is 5.69 Å². The van der Waals surface area contributed by atoms with Crippen molar-refractivity contribution < 1.29 is 18.9 Å². The van der Waals surface area contributed by atoms with Crippen LogP contribution in [0.5, 0.6) is 23.0 Å². The highest BCUT2D eigenvalue weighted by Gasteiger charge is 2.11. The van der Waals surface area contributed by atoms with E-state index in [4.69, 9.17) is 18.9 Å². The third-order valence-corrected chi connectivity index (χ3v) is 4.66. The van der Waals surface area contributed by atoms with Crippen LogP contribution in [0.1, 0.15) is 0 Å². The third-order valence-electron chi connectivity index (χ3n) is 4.66. The van der Waals surface area contributed by atoms with Crippen LogP contribution >= 0.6 is 0 Å². The number of anilines is 1. The lowest BCUT2D eigenvalue weighted by molar-refractivity contribution is 0.202. The van der Waals surface area contributed by atoms with Crippen molar-refractivity contribution in [3.8, 4) is 23.0 Å². The van der Waals surface area contributed by atoms with Gasteiger partial charge >= 0.3 is 0 Å². The van der Waals surface area contributed by atoms with Crippen molar-refractivity contribution in [3.63, 3.8) is 0 Å². The average molecular weight is 391 g/mol. The number of rotatable bonds is 1. The molecule has 0 fully saturated rings. The lowest BCUT2D eigenvalue weighted by atomic mass is 10.3. The van der Waals surface area contributed by atoms with Gasteiger partial charge in [0.15, 0.2) is 23.0 Å². The van der Waals surface area contributed by atoms with Crippen LogP contribution in [0.15, 0.2) is 78.9 Å². The molecule has 1 aliphatic rings. The second-order valence-corrected chi connectivity index (χ2v) is 6.61. The number of hydrogen-bond acceptors (Lipinski definition) is 5. The monoisotopic (exact) mass is 391 g/mol. The van der Waals surface area contributed by atoms with E-state index in [1.807, 2.05) is 66.7 Å². The molecule has 4 rings (SSSR count). The zero-order chi connectivity index (χ0) is 19.7. The number of para-hydroxylation sites is 5. The maximum Gasteiger partial charge on any atom is 0.161 e. The van der Waals surface area contributed by atoms with Crippen molar-refractivity contribution >= 4 is 5.69 Å². The third kappa shape index (κ3) is 5.13. The van der Waals surface area contributed by atoms with Crippen LogP contribution in [0.2, 0.25) is 0 Å². The molecule has 29 heavy (non-hydrogen) atoms. The van der Waals surface area contributed by atoms with Gasteiger partial charge in [-0.3, -0.25) is 0 Å². The van der Waals surface area contributed by atoms with Crippen LogP contribution in [-0.4, -0.2) is 39.5 Å². The van der Waals surface area contributed by atoms with Crippen LogP contribution in [0, 0.1) is 0 Å². The maximum atomic E-state index is 6.03. The van der Waals surface area contributed by atoms with Crippen LogP contribution in [0.3, 0.4) is 0 Å². The van der Waals surface area contributed by atoms with Gasteiger partial charge in [-0.2, -0.15) is 0 Å². The SMILES string of the molecule is c1ccc(N2CCOc3ccccc3OCCOc3ccccc3OCC2)cc1. The number of fused-ring (bicyclic) bond motifs is 2. The Morgan fingerprint density at radius 3 is 1.28 bits per heavy atom. The fraction of sp³-hybridized carbons (Fsp3) is 0.250. The van der Waals surface area contributed by atoms with Gasteiger partial charge in [-0.25, -0.2) is 0 Å². The van der Waals surface area contributed by atoms with E-state index in [1.165, 1.54) is 0 Å². The Bertz CT molecular complexity index is 845. The lowest BCUT2D eigenvalue weighted by Gasteiger charge is -2.25. The van der Waals surface area contributed by atoms with Crippen molar-refractivity contribution in [1.82, 2.24) is 0 Å². The van der Waals surface area contributed by atoms with Crippen molar-refractivity contribution in [2.24, 2.45) is 0 Å². The fourth-order valence-corrected chi connectivity index (χ4v) is 3.22. The van der Waals surface area contributed by atoms with Gasteiger partial charge in [0.1, 0.15) is 26.4 Å². The van der Waals surface area contributed by atoms with Crippen LogP contribution in [0.25, 0.3) is 0 Å². The highest BCUT2D eigenvalue weighted by Crippen LogP contribution is 2.28. The molecule has 0 atom stereocenters. The van der Waals surface area contributed by atoms with E-state index < -0.39 is 0 Å². The van der Waals surface area contributed by atoms with Gasteiger partial charge in [-0.05, 0) is 36.4 Å². The van der Waals surface area contributed by atoms with Gasteiger partial charge < -0.3 is 23.8 Å². The minimum Gasteiger partial charge on any atom is -0.488 e. The van der Waals surface area contributed by atoms with Crippen LogP contribution < -0.4 is 23.8 Å². The highest BCUT2D eigenvalue weighted by molar-refractivity contribution is 5.46. The van der Waals surface area contributed by atoms with Gasteiger partial charge in [0.2, 0.25) is 0 Å². The minimum atomic E-state index is 0.421. The molecule has 0 bridgehead atoms. The second kappa shape index (κ2) is 9.73. The standard InChI is InChI=1S/C24H25NO4/c1-2-8-20(9-3-1)25-14-16-26-21-10-4-6-12-23(21)28-18-19-29-24-13-7-5-11-22(24)27-17-15-25/h1-13H,14-19H2. The summed E-state index contributed by atoms with van der Waals surface area (Å²) in [6.07, 6.45) is 0. The zero-order valence-corrected chi connectivity index (χ0v) is 16.3. The summed E-state index contributed by atoms with van der Waals surface area (Å²) in [5.41, 5.74) is 1.14. The molecule has 0 spiro atoms. The molecule has 0 N–H and O–H groups in total. The molecular weight excluding hydrogens is 366 g/mol. The normalized spacial score (nSPS) is 15.1. The molecule has 0 saturated heterocycles. The molecule has 3 aromatic rings. The Morgan fingerprint density at radius 2 is 0.828 bits per heavy atom. The molecule has 0 aromatic heterocycles.